The van der Waals surface area contributed by atoms with Gasteiger partial charge in [0.1, 0.15) is 5.56 Å². The van der Waals surface area contributed by atoms with E-state index in [1.807, 2.05) is 0 Å². The molecule has 0 fully saturated rings. The smallest absolute Gasteiger partial charge is 0.392 e. The number of aliphatic hydroxyl groups excluding tert-OH is 1. The molecule has 1 atom stereocenters. The molecule has 3 aromatic carbocycles. The Morgan fingerprint density at radius 2 is 1.62 bits per heavy atom. The van der Waals surface area contributed by atoms with Crippen LogP contribution in [0.3, 0.4) is 0 Å². The van der Waals surface area contributed by atoms with Gasteiger partial charge in [0.2, 0.25) is 0 Å². The second-order valence-corrected chi connectivity index (χ2v) is 10.3. The SMILES string of the molecule is Cc1c(-c2ccc(CO)cc2)cc(C(=O)NCc2ccc(S(C)=O)cc2)c(=O)n1-c1cccc(C(F)(F)F)c1. The largest absolute Gasteiger partial charge is 0.416 e. The number of aromatic nitrogens is 1. The zero-order valence-electron chi connectivity index (χ0n) is 21.1. The summed E-state index contributed by atoms with van der Waals surface area (Å²) >= 11 is 0. The lowest BCUT2D eigenvalue weighted by molar-refractivity contribution is -0.137. The summed E-state index contributed by atoms with van der Waals surface area (Å²) in [5.74, 6) is -0.697. The molecule has 1 aromatic heterocycles. The van der Waals surface area contributed by atoms with Gasteiger partial charge in [0.05, 0.1) is 12.2 Å². The van der Waals surface area contributed by atoms with Crippen LogP contribution < -0.4 is 10.9 Å². The fourth-order valence-corrected chi connectivity index (χ4v) is 4.68. The van der Waals surface area contributed by atoms with E-state index in [0.717, 1.165) is 16.7 Å². The van der Waals surface area contributed by atoms with E-state index >= 15 is 0 Å². The van der Waals surface area contributed by atoms with Crippen LogP contribution >= 0.6 is 0 Å². The molecule has 0 bridgehead atoms. The van der Waals surface area contributed by atoms with Crippen LogP contribution in [0.15, 0.2) is 88.6 Å². The van der Waals surface area contributed by atoms with Crippen LogP contribution in [0, 0.1) is 6.92 Å². The average Bonchev–Trinajstić information content (AvgIpc) is 2.92. The Kier molecular flexibility index (Phi) is 8.17. The molecule has 6 nitrogen and oxygen atoms in total. The lowest BCUT2D eigenvalue weighted by atomic mass is 10.00. The molecule has 0 saturated heterocycles. The van der Waals surface area contributed by atoms with E-state index in [0.29, 0.717) is 32.8 Å². The van der Waals surface area contributed by atoms with Crippen LogP contribution in [0.1, 0.15) is 32.7 Å². The fourth-order valence-electron chi connectivity index (χ4n) is 4.16. The van der Waals surface area contributed by atoms with Crippen LogP contribution in [0.2, 0.25) is 0 Å². The highest BCUT2D eigenvalue weighted by atomic mass is 32.2. The predicted octanol–water partition coefficient (Wildman–Crippen LogP) is 4.99. The molecular weight excluding hydrogens is 529 g/mol. The van der Waals surface area contributed by atoms with Gasteiger partial charge in [-0.3, -0.25) is 18.4 Å². The minimum absolute atomic E-state index is 0.0293. The van der Waals surface area contributed by atoms with Crippen LogP contribution in [0.25, 0.3) is 16.8 Å². The van der Waals surface area contributed by atoms with Gasteiger partial charge in [-0.25, -0.2) is 0 Å². The molecule has 0 spiro atoms. The van der Waals surface area contributed by atoms with E-state index in [-0.39, 0.29) is 24.4 Å². The number of nitrogens with one attached hydrogen (secondary N) is 1. The number of carbonyl (C=O) groups is 1. The standard InChI is InChI=1S/C29H25F3N2O4S/c1-18-25(21-10-6-20(17-35)7-11-21)15-26(27(36)33-16-19-8-12-24(13-9-19)39(2)38)28(37)34(18)23-5-3-4-22(14-23)29(30,31)32/h3-15,35H,16-17H2,1-2H3,(H,33,36). The van der Waals surface area contributed by atoms with Crippen LogP contribution in [0.5, 0.6) is 0 Å². The lowest BCUT2D eigenvalue weighted by Gasteiger charge is -2.18. The van der Waals surface area contributed by atoms with Crippen LogP contribution in [-0.2, 0) is 30.1 Å². The highest BCUT2D eigenvalue weighted by molar-refractivity contribution is 7.84. The number of nitrogens with zero attached hydrogens (tertiary/aromatic N) is 1. The molecular formula is C29H25F3N2O4S. The van der Waals surface area contributed by atoms with Gasteiger partial charge in [-0.15, -0.1) is 0 Å². The third kappa shape index (κ3) is 6.18. The molecule has 0 saturated carbocycles. The summed E-state index contributed by atoms with van der Waals surface area (Å²) in [5, 5.41) is 12.1. The number of carbonyl (C=O) groups excluding carboxylic acids is 1. The van der Waals surface area contributed by atoms with E-state index in [1.165, 1.54) is 18.2 Å². The van der Waals surface area contributed by atoms with Crippen molar-refractivity contribution in [1.29, 1.82) is 0 Å². The van der Waals surface area contributed by atoms with Gasteiger partial charge in [0.25, 0.3) is 11.5 Å². The maximum Gasteiger partial charge on any atom is 0.416 e. The quantitative estimate of drug-likeness (QED) is 0.337. The third-order valence-electron chi connectivity index (χ3n) is 6.28. The molecule has 0 aliphatic heterocycles. The number of pyridine rings is 1. The maximum atomic E-state index is 13.6. The summed E-state index contributed by atoms with van der Waals surface area (Å²) in [4.78, 5) is 27.4. The highest BCUT2D eigenvalue weighted by Crippen LogP contribution is 2.31. The molecule has 4 aromatic rings. The normalized spacial score (nSPS) is 12.3. The van der Waals surface area contributed by atoms with Gasteiger partial charge < -0.3 is 10.4 Å². The van der Waals surface area contributed by atoms with Crippen molar-refractivity contribution in [3.63, 3.8) is 0 Å². The number of amides is 1. The minimum Gasteiger partial charge on any atom is -0.392 e. The topological polar surface area (TPSA) is 88.4 Å². The molecule has 10 heteroatoms. The summed E-state index contributed by atoms with van der Waals surface area (Å²) in [5.41, 5.74) is 0.822. The van der Waals surface area contributed by atoms with Crippen LogP contribution in [-0.4, -0.2) is 26.0 Å². The summed E-state index contributed by atoms with van der Waals surface area (Å²) in [6.07, 6.45) is -3.07. The molecule has 202 valence electrons. The minimum atomic E-state index is -4.62. The highest BCUT2D eigenvalue weighted by Gasteiger charge is 2.31. The zero-order valence-corrected chi connectivity index (χ0v) is 21.9. The first-order valence-electron chi connectivity index (χ1n) is 11.8. The van der Waals surface area contributed by atoms with Crippen molar-refractivity contribution >= 4 is 16.7 Å². The number of benzene rings is 3. The van der Waals surface area contributed by atoms with Crippen molar-refractivity contribution in [1.82, 2.24) is 9.88 Å². The number of aliphatic hydroxyl groups is 1. The van der Waals surface area contributed by atoms with Gasteiger partial charge in [-0.2, -0.15) is 13.2 Å². The number of halogens is 3. The molecule has 4 rings (SSSR count). The average molecular weight is 555 g/mol. The van der Waals surface area contributed by atoms with Crippen molar-refractivity contribution in [3.8, 4) is 16.8 Å². The van der Waals surface area contributed by atoms with Gasteiger partial charge >= 0.3 is 6.18 Å². The number of hydrogen-bond donors (Lipinski definition) is 2. The van der Waals surface area contributed by atoms with Gasteiger partial charge in [-0.05, 0) is 60.0 Å². The fraction of sp³-hybridized carbons (Fsp3) is 0.172. The van der Waals surface area contributed by atoms with Crippen molar-refractivity contribution in [2.45, 2.75) is 31.1 Å². The summed E-state index contributed by atoms with van der Waals surface area (Å²) < 4.78 is 53.1. The van der Waals surface area contributed by atoms with E-state index in [1.54, 1.807) is 61.7 Å². The van der Waals surface area contributed by atoms with E-state index < -0.39 is 34.0 Å². The van der Waals surface area contributed by atoms with Crippen LogP contribution in [0.4, 0.5) is 13.2 Å². The second-order valence-electron chi connectivity index (χ2n) is 8.88. The third-order valence-corrected chi connectivity index (χ3v) is 7.22. The molecule has 1 unspecified atom stereocenters. The van der Waals surface area contributed by atoms with Gasteiger partial charge in [-0.1, -0.05) is 42.5 Å². The van der Waals surface area contributed by atoms with Crippen molar-refractivity contribution < 1.29 is 27.3 Å². The maximum absolute atomic E-state index is 13.6. The second kappa shape index (κ2) is 11.4. The van der Waals surface area contributed by atoms with Gasteiger partial charge in [0, 0.05) is 45.4 Å². The number of hydrogen-bond acceptors (Lipinski definition) is 4. The molecule has 0 aliphatic carbocycles. The Hall–Kier alpha value is -4.02. The van der Waals surface area contributed by atoms with E-state index in [2.05, 4.69) is 5.32 Å². The number of rotatable bonds is 7. The Bertz CT molecular complexity index is 1600. The molecule has 0 radical (unpaired) electrons. The molecule has 1 heterocycles. The number of alkyl halides is 3. The summed E-state index contributed by atoms with van der Waals surface area (Å²) in [7, 11) is -1.15. The lowest BCUT2D eigenvalue weighted by Crippen LogP contribution is -2.33. The van der Waals surface area contributed by atoms with Gasteiger partial charge in [0.15, 0.2) is 0 Å². The predicted molar refractivity (Wildman–Crippen MR) is 143 cm³/mol. The Morgan fingerprint density at radius 3 is 2.21 bits per heavy atom. The molecule has 2 N–H and O–H groups in total. The molecule has 0 aliphatic rings. The van der Waals surface area contributed by atoms with E-state index in [9.17, 15) is 32.1 Å². The molecule has 39 heavy (non-hydrogen) atoms. The monoisotopic (exact) mass is 554 g/mol. The Morgan fingerprint density at radius 1 is 0.974 bits per heavy atom. The van der Waals surface area contributed by atoms with E-state index in [4.69, 9.17) is 0 Å². The van der Waals surface area contributed by atoms with Crippen molar-refractivity contribution in [2.24, 2.45) is 0 Å². The first-order chi connectivity index (χ1) is 18.5. The zero-order chi connectivity index (χ0) is 28.3. The first kappa shape index (κ1) is 28.0. The first-order valence-corrected chi connectivity index (χ1v) is 13.4. The van der Waals surface area contributed by atoms with Crippen molar-refractivity contribution in [3.05, 3.63) is 117 Å². The summed E-state index contributed by atoms with van der Waals surface area (Å²) in [6, 6.07) is 19.3. The van der Waals surface area contributed by atoms with Crippen molar-refractivity contribution in [2.75, 3.05) is 6.26 Å². The Labute approximate surface area is 225 Å². The Balaban J connectivity index is 1.80. The summed E-state index contributed by atoms with van der Waals surface area (Å²) in [6.45, 7) is 1.50. The molecule has 1 amide bonds.